The van der Waals surface area contributed by atoms with Gasteiger partial charge in [0, 0.05) is 12.6 Å². The molecule has 2 rings (SSSR count). The molecule has 1 aromatic carbocycles. The number of nitrogens with one attached hydrogen (secondary N) is 1. The lowest BCUT2D eigenvalue weighted by Crippen LogP contribution is -2.15. The SMILES string of the molecule is CNC1=C(c2cccc(C(F)(F)F)c2)C(=O)C(C=CCl)O1. The Morgan fingerprint density at radius 1 is 1.38 bits per heavy atom. The third kappa shape index (κ3) is 3.05. The van der Waals surface area contributed by atoms with Gasteiger partial charge >= 0.3 is 6.18 Å². The van der Waals surface area contributed by atoms with Crippen LogP contribution in [-0.2, 0) is 15.7 Å². The molecule has 0 aromatic heterocycles. The summed E-state index contributed by atoms with van der Waals surface area (Å²) in [7, 11) is 1.52. The van der Waals surface area contributed by atoms with E-state index in [0.29, 0.717) is 0 Å². The second-order valence-electron chi connectivity index (χ2n) is 4.25. The normalized spacial score (nSPS) is 19.3. The van der Waals surface area contributed by atoms with Gasteiger partial charge in [0.05, 0.1) is 11.1 Å². The van der Waals surface area contributed by atoms with E-state index in [4.69, 9.17) is 16.3 Å². The molecule has 1 atom stereocenters. The molecular weight excluding hydrogens is 307 g/mol. The van der Waals surface area contributed by atoms with Crippen molar-refractivity contribution in [3.63, 3.8) is 0 Å². The summed E-state index contributed by atoms with van der Waals surface area (Å²) in [4.78, 5) is 12.2. The van der Waals surface area contributed by atoms with Crippen molar-refractivity contribution < 1.29 is 22.7 Å². The number of alkyl halides is 3. The maximum Gasteiger partial charge on any atom is 0.416 e. The fraction of sp³-hybridized carbons (Fsp3) is 0.214. The summed E-state index contributed by atoms with van der Waals surface area (Å²) in [6.45, 7) is 0. The van der Waals surface area contributed by atoms with Crippen molar-refractivity contribution in [1.29, 1.82) is 0 Å². The van der Waals surface area contributed by atoms with Crippen LogP contribution in [0.25, 0.3) is 5.57 Å². The number of ketones is 1. The second-order valence-corrected chi connectivity index (χ2v) is 4.51. The zero-order valence-corrected chi connectivity index (χ0v) is 11.6. The van der Waals surface area contributed by atoms with Crippen molar-refractivity contribution in [3.05, 3.63) is 52.9 Å². The monoisotopic (exact) mass is 317 g/mol. The molecule has 0 amide bonds. The van der Waals surface area contributed by atoms with E-state index < -0.39 is 23.6 Å². The molecule has 1 heterocycles. The molecule has 0 bridgehead atoms. The summed E-state index contributed by atoms with van der Waals surface area (Å²) in [5.74, 6) is -0.324. The van der Waals surface area contributed by atoms with Gasteiger partial charge < -0.3 is 10.1 Å². The summed E-state index contributed by atoms with van der Waals surface area (Å²) < 4.78 is 43.6. The average Bonchev–Trinajstić information content (AvgIpc) is 2.75. The van der Waals surface area contributed by atoms with E-state index in [1.54, 1.807) is 0 Å². The van der Waals surface area contributed by atoms with Gasteiger partial charge in [0.1, 0.15) is 0 Å². The van der Waals surface area contributed by atoms with Gasteiger partial charge in [0.15, 0.2) is 12.0 Å². The summed E-state index contributed by atoms with van der Waals surface area (Å²) >= 11 is 5.42. The van der Waals surface area contributed by atoms with Crippen LogP contribution >= 0.6 is 11.6 Å². The lowest BCUT2D eigenvalue weighted by atomic mass is 9.98. The molecule has 0 fully saturated rings. The van der Waals surface area contributed by atoms with Crippen molar-refractivity contribution in [2.75, 3.05) is 7.05 Å². The molecule has 1 aliphatic rings. The number of rotatable bonds is 3. The Hall–Kier alpha value is -1.95. The molecular formula is C14H11ClF3NO2. The van der Waals surface area contributed by atoms with E-state index in [9.17, 15) is 18.0 Å². The van der Waals surface area contributed by atoms with E-state index in [1.165, 1.54) is 25.3 Å². The molecule has 0 saturated heterocycles. The van der Waals surface area contributed by atoms with E-state index in [0.717, 1.165) is 17.7 Å². The molecule has 112 valence electrons. The van der Waals surface area contributed by atoms with Crippen LogP contribution in [0.2, 0.25) is 0 Å². The predicted molar refractivity (Wildman–Crippen MR) is 72.3 cm³/mol. The number of hydrogen-bond acceptors (Lipinski definition) is 3. The predicted octanol–water partition coefficient (Wildman–Crippen LogP) is 3.31. The Labute approximate surface area is 124 Å². The van der Waals surface area contributed by atoms with Crippen LogP contribution < -0.4 is 5.32 Å². The minimum absolute atomic E-state index is 0.0726. The van der Waals surface area contributed by atoms with Crippen LogP contribution in [0.4, 0.5) is 13.2 Å². The maximum absolute atomic E-state index is 12.8. The third-order valence-electron chi connectivity index (χ3n) is 2.93. The standard InChI is InChI=1S/C14H11ClF3NO2/c1-19-13-11(12(20)10(21-13)5-6-15)8-3-2-4-9(7-8)14(16,17)18/h2-7,10,19H,1H3. The van der Waals surface area contributed by atoms with Crippen LogP contribution in [0.15, 0.2) is 41.8 Å². The quantitative estimate of drug-likeness (QED) is 0.929. The zero-order chi connectivity index (χ0) is 15.6. The van der Waals surface area contributed by atoms with Gasteiger partial charge in [0.25, 0.3) is 0 Å². The number of ether oxygens (including phenoxy) is 1. The van der Waals surface area contributed by atoms with Gasteiger partial charge in [-0.05, 0) is 23.8 Å². The summed E-state index contributed by atoms with van der Waals surface area (Å²) in [6, 6.07) is 4.53. The van der Waals surface area contributed by atoms with Crippen molar-refractivity contribution >= 4 is 23.0 Å². The zero-order valence-electron chi connectivity index (χ0n) is 10.9. The van der Waals surface area contributed by atoms with Gasteiger partial charge in [-0.2, -0.15) is 13.2 Å². The highest BCUT2D eigenvalue weighted by Crippen LogP contribution is 2.34. The lowest BCUT2D eigenvalue weighted by molar-refractivity contribution is -0.137. The van der Waals surface area contributed by atoms with Gasteiger partial charge in [-0.3, -0.25) is 4.79 Å². The fourth-order valence-corrected chi connectivity index (χ4v) is 2.13. The number of Topliss-reactive ketones (excluding diaryl/α,β-unsaturated/α-hetero) is 1. The molecule has 0 aliphatic carbocycles. The van der Waals surface area contributed by atoms with Gasteiger partial charge in [0.2, 0.25) is 5.78 Å². The Morgan fingerprint density at radius 2 is 2.10 bits per heavy atom. The molecule has 0 spiro atoms. The topological polar surface area (TPSA) is 38.3 Å². The van der Waals surface area contributed by atoms with E-state index in [-0.39, 0.29) is 17.0 Å². The number of halogens is 4. The molecule has 0 radical (unpaired) electrons. The Bertz CT molecular complexity index is 623. The molecule has 21 heavy (non-hydrogen) atoms. The first kappa shape index (κ1) is 15.4. The van der Waals surface area contributed by atoms with Crippen LogP contribution in [0, 0.1) is 0 Å². The Kier molecular flexibility index (Phi) is 4.27. The molecule has 0 saturated carbocycles. The number of hydrogen-bond donors (Lipinski definition) is 1. The van der Waals surface area contributed by atoms with Crippen molar-refractivity contribution in [2.45, 2.75) is 12.3 Å². The fourth-order valence-electron chi connectivity index (χ4n) is 1.99. The number of benzene rings is 1. The molecule has 1 aliphatic heterocycles. The van der Waals surface area contributed by atoms with Crippen molar-refractivity contribution in [3.8, 4) is 0 Å². The Morgan fingerprint density at radius 3 is 2.67 bits per heavy atom. The first-order valence-electron chi connectivity index (χ1n) is 5.96. The molecule has 1 unspecified atom stereocenters. The molecule has 3 nitrogen and oxygen atoms in total. The third-order valence-corrected chi connectivity index (χ3v) is 3.08. The minimum Gasteiger partial charge on any atom is -0.463 e. The second kappa shape index (κ2) is 5.81. The van der Waals surface area contributed by atoms with Gasteiger partial charge in [-0.15, -0.1) is 0 Å². The van der Waals surface area contributed by atoms with Crippen LogP contribution in [0.1, 0.15) is 11.1 Å². The van der Waals surface area contributed by atoms with Gasteiger partial charge in [-0.1, -0.05) is 23.7 Å². The van der Waals surface area contributed by atoms with Crippen molar-refractivity contribution in [2.24, 2.45) is 0 Å². The average molecular weight is 318 g/mol. The first-order valence-corrected chi connectivity index (χ1v) is 6.39. The van der Waals surface area contributed by atoms with Crippen LogP contribution in [0.5, 0.6) is 0 Å². The largest absolute Gasteiger partial charge is 0.463 e. The highest BCUT2D eigenvalue weighted by Gasteiger charge is 2.36. The molecule has 1 aromatic rings. The Balaban J connectivity index is 2.47. The van der Waals surface area contributed by atoms with Crippen LogP contribution in [-0.4, -0.2) is 18.9 Å². The van der Waals surface area contributed by atoms with Crippen molar-refractivity contribution in [1.82, 2.24) is 5.32 Å². The lowest BCUT2D eigenvalue weighted by Gasteiger charge is -2.09. The summed E-state index contributed by atoms with van der Waals surface area (Å²) in [6.07, 6.45) is -4.09. The summed E-state index contributed by atoms with van der Waals surface area (Å²) in [5.41, 5.74) is 0.519. The van der Waals surface area contributed by atoms with E-state index in [1.807, 2.05) is 0 Å². The van der Waals surface area contributed by atoms with E-state index >= 15 is 0 Å². The smallest absolute Gasteiger partial charge is 0.416 e. The first-order chi connectivity index (χ1) is 9.88. The molecule has 1 N–H and O–H groups in total. The maximum atomic E-state index is 12.8. The highest BCUT2D eigenvalue weighted by molar-refractivity contribution is 6.28. The number of carbonyl (C=O) groups is 1. The number of carbonyl (C=O) groups excluding carboxylic acids is 1. The summed E-state index contributed by atoms with van der Waals surface area (Å²) in [5, 5.41) is 2.67. The van der Waals surface area contributed by atoms with Gasteiger partial charge in [-0.25, -0.2) is 0 Å². The molecule has 7 heteroatoms. The van der Waals surface area contributed by atoms with Crippen LogP contribution in [0.3, 0.4) is 0 Å². The van der Waals surface area contributed by atoms with E-state index in [2.05, 4.69) is 5.32 Å². The highest BCUT2D eigenvalue weighted by atomic mass is 35.5. The minimum atomic E-state index is -4.48.